The lowest BCUT2D eigenvalue weighted by Gasteiger charge is -2.22. The maximum absolute atomic E-state index is 12.8. The van der Waals surface area contributed by atoms with Gasteiger partial charge in [0.05, 0.1) is 11.4 Å². The van der Waals surface area contributed by atoms with Crippen LogP contribution in [-0.4, -0.2) is 40.3 Å². The Morgan fingerprint density at radius 3 is 2.61 bits per heavy atom. The molecule has 6 nitrogen and oxygen atoms in total. The lowest BCUT2D eigenvalue weighted by atomic mass is 10.2. The molecule has 31 heavy (non-hydrogen) atoms. The molecule has 0 saturated carbocycles. The minimum absolute atomic E-state index is 0.0817. The van der Waals surface area contributed by atoms with Crippen molar-refractivity contribution in [1.82, 2.24) is 0 Å². The molecule has 0 atom stereocenters. The highest BCUT2D eigenvalue weighted by atomic mass is 32.2. The second-order valence-electron chi connectivity index (χ2n) is 6.90. The number of hydrogen-bond donors (Lipinski definition) is 0. The molecule has 4 rings (SSSR count). The van der Waals surface area contributed by atoms with Crippen LogP contribution in [-0.2, 0) is 14.8 Å². The Morgan fingerprint density at radius 1 is 1.10 bits per heavy atom. The van der Waals surface area contributed by atoms with Crippen molar-refractivity contribution >= 4 is 50.4 Å². The second-order valence-corrected chi connectivity index (χ2v) is 11.2. The number of thiophene rings is 1. The van der Waals surface area contributed by atoms with Gasteiger partial charge in [0.1, 0.15) is 9.96 Å². The maximum atomic E-state index is 12.8. The normalized spacial score (nSPS) is 13.9. The van der Waals surface area contributed by atoms with Crippen LogP contribution in [0.3, 0.4) is 0 Å². The van der Waals surface area contributed by atoms with Gasteiger partial charge in [-0.3, -0.25) is 9.10 Å². The molecule has 0 unspecified atom stereocenters. The third-order valence-electron chi connectivity index (χ3n) is 4.91. The molecule has 9 heteroatoms. The van der Waals surface area contributed by atoms with Crippen LogP contribution in [0.1, 0.15) is 6.42 Å². The molecule has 0 spiro atoms. The number of para-hydroxylation sites is 1. The van der Waals surface area contributed by atoms with Crippen molar-refractivity contribution in [3.05, 3.63) is 66.0 Å². The predicted octanol–water partition coefficient (Wildman–Crippen LogP) is 4.48. The summed E-state index contributed by atoms with van der Waals surface area (Å²) in [5.41, 5.74) is 1.44. The second kappa shape index (κ2) is 9.33. The first-order valence-electron chi connectivity index (χ1n) is 9.74. The number of hydrogen-bond acceptors (Lipinski definition) is 6. The van der Waals surface area contributed by atoms with Crippen molar-refractivity contribution in [3.8, 4) is 5.75 Å². The van der Waals surface area contributed by atoms with Crippen molar-refractivity contribution in [1.29, 1.82) is 0 Å². The van der Waals surface area contributed by atoms with Crippen LogP contribution in [0.15, 0.2) is 75.1 Å². The molecular formula is C22H22N2O4S3. The number of thioether (sulfide) groups is 1. The minimum Gasteiger partial charge on any atom is -0.484 e. The molecule has 1 aliphatic heterocycles. The number of carbonyl (C=O) groups is 1. The average Bonchev–Trinajstić information content (AvgIpc) is 3.26. The van der Waals surface area contributed by atoms with Gasteiger partial charge >= 0.3 is 0 Å². The molecule has 0 N–H and O–H groups in total. The van der Waals surface area contributed by atoms with Crippen LogP contribution in [0.25, 0.3) is 0 Å². The van der Waals surface area contributed by atoms with Crippen LogP contribution < -0.4 is 13.9 Å². The fraction of sp³-hybridized carbons (Fsp3) is 0.227. The molecule has 3 aromatic rings. The number of benzene rings is 2. The number of rotatable bonds is 6. The molecule has 1 aromatic heterocycles. The number of nitrogens with zero attached hydrogens (tertiary/aromatic N) is 2. The zero-order chi connectivity index (χ0) is 21.8. The summed E-state index contributed by atoms with van der Waals surface area (Å²) in [6, 6.07) is 17.9. The Morgan fingerprint density at radius 2 is 1.87 bits per heavy atom. The van der Waals surface area contributed by atoms with Crippen LogP contribution in [0.4, 0.5) is 11.4 Å². The highest BCUT2D eigenvalue weighted by Crippen LogP contribution is 2.33. The maximum Gasteiger partial charge on any atom is 0.273 e. The van der Waals surface area contributed by atoms with E-state index in [9.17, 15) is 13.2 Å². The van der Waals surface area contributed by atoms with Gasteiger partial charge < -0.3 is 9.64 Å². The molecule has 0 fully saturated rings. The van der Waals surface area contributed by atoms with Crippen LogP contribution in [0.5, 0.6) is 5.75 Å². The Kier molecular flexibility index (Phi) is 6.54. The van der Waals surface area contributed by atoms with E-state index in [1.807, 2.05) is 24.3 Å². The number of amides is 1. The molecule has 0 bridgehead atoms. The van der Waals surface area contributed by atoms with Crippen LogP contribution in [0.2, 0.25) is 0 Å². The fourth-order valence-corrected chi connectivity index (χ4v) is 6.60. The average molecular weight is 475 g/mol. The minimum atomic E-state index is -3.59. The van der Waals surface area contributed by atoms with Crippen LogP contribution in [0, 0.1) is 0 Å². The molecule has 0 radical (unpaired) electrons. The predicted molar refractivity (Wildman–Crippen MR) is 126 cm³/mol. The van der Waals surface area contributed by atoms with E-state index < -0.39 is 10.0 Å². The van der Waals surface area contributed by atoms with Gasteiger partial charge in [-0.25, -0.2) is 8.42 Å². The highest BCUT2D eigenvalue weighted by molar-refractivity contribution is 7.99. The Balaban J connectivity index is 1.41. The number of carbonyl (C=O) groups excluding carboxylic acids is 1. The first-order valence-corrected chi connectivity index (χ1v) is 13.0. The zero-order valence-electron chi connectivity index (χ0n) is 16.9. The van der Waals surface area contributed by atoms with Crippen molar-refractivity contribution < 1.29 is 17.9 Å². The van der Waals surface area contributed by atoms with Crippen molar-refractivity contribution in [2.45, 2.75) is 15.5 Å². The molecule has 2 aromatic carbocycles. The highest BCUT2D eigenvalue weighted by Gasteiger charge is 2.23. The summed E-state index contributed by atoms with van der Waals surface area (Å²) >= 11 is 2.94. The Hall–Kier alpha value is -2.49. The summed E-state index contributed by atoms with van der Waals surface area (Å²) in [6.45, 7) is 0.582. The van der Waals surface area contributed by atoms with Gasteiger partial charge in [0.15, 0.2) is 6.61 Å². The number of anilines is 2. The van der Waals surface area contributed by atoms with E-state index in [0.717, 1.165) is 22.8 Å². The van der Waals surface area contributed by atoms with E-state index in [4.69, 9.17) is 4.74 Å². The summed E-state index contributed by atoms with van der Waals surface area (Å²) in [4.78, 5) is 15.7. The van der Waals surface area contributed by atoms with Crippen molar-refractivity contribution in [3.63, 3.8) is 0 Å². The Bertz CT molecular complexity index is 1150. The topological polar surface area (TPSA) is 66.9 Å². The Labute approximate surface area is 190 Å². The van der Waals surface area contributed by atoms with E-state index in [2.05, 4.69) is 0 Å². The van der Waals surface area contributed by atoms with E-state index >= 15 is 0 Å². The quantitative estimate of drug-likeness (QED) is 0.527. The summed E-state index contributed by atoms with van der Waals surface area (Å²) in [5.74, 6) is 1.39. The standard InChI is InChI=1S/C22H22N2O4S3/c1-23(31(26,27)22-8-4-14-30-22)17-9-11-18(12-10-17)28-16-21(25)24-13-5-15-29-20-7-3-2-6-19(20)24/h2-4,6-12,14H,5,13,15-16H2,1H3. The summed E-state index contributed by atoms with van der Waals surface area (Å²) in [5, 5.41) is 1.73. The van der Waals surface area contributed by atoms with E-state index in [1.165, 1.54) is 22.7 Å². The lowest BCUT2D eigenvalue weighted by molar-refractivity contribution is -0.120. The van der Waals surface area contributed by atoms with Gasteiger partial charge in [0.25, 0.3) is 15.9 Å². The van der Waals surface area contributed by atoms with E-state index in [1.54, 1.807) is 58.4 Å². The van der Waals surface area contributed by atoms with Gasteiger partial charge in [0, 0.05) is 18.5 Å². The van der Waals surface area contributed by atoms with E-state index in [0.29, 0.717) is 18.0 Å². The number of sulfonamides is 1. The van der Waals surface area contributed by atoms with Crippen molar-refractivity contribution in [2.24, 2.45) is 0 Å². The van der Waals surface area contributed by atoms with Crippen molar-refractivity contribution in [2.75, 3.05) is 35.2 Å². The van der Waals surface area contributed by atoms with E-state index in [-0.39, 0.29) is 16.7 Å². The molecule has 0 saturated heterocycles. The molecular weight excluding hydrogens is 452 g/mol. The summed E-state index contributed by atoms with van der Waals surface area (Å²) in [6.07, 6.45) is 0.921. The van der Waals surface area contributed by atoms with Gasteiger partial charge in [-0.2, -0.15) is 0 Å². The van der Waals surface area contributed by atoms with Gasteiger partial charge in [-0.05, 0) is 60.0 Å². The lowest BCUT2D eigenvalue weighted by Crippen LogP contribution is -2.35. The first kappa shape index (κ1) is 21.7. The molecule has 1 amide bonds. The third kappa shape index (κ3) is 4.73. The molecule has 0 aliphatic carbocycles. The monoisotopic (exact) mass is 474 g/mol. The summed E-state index contributed by atoms with van der Waals surface area (Å²) < 4.78 is 32.5. The molecule has 1 aliphatic rings. The smallest absolute Gasteiger partial charge is 0.273 e. The number of ether oxygens (including phenoxy) is 1. The number of fused-ring (bicyclic) bond motifs is 1. The first-order chi connectivity index (χ1) is 15.0. The zero-order valence-corrected chi connectivity index (χ0v) is 19.4. The SMILES string of the molecule is CN(c1ccc(OCC(=O)N2CCCSc3ccccc32)cc1)S(=O)(=O)c1cccs1. The molecule has 162 valence electrons. The van der Waals surface area contributed by atoms with Gasteiger partial charge in [0.2, 0.25) is 0 Å². The summed E-state index contributed by atoms with van der Waals surface area (Å²) in [7, 11) is -2.07. The van der Waals surface area contributed by atoms with Crippen LogP contribution >= 0.6 is 23.1 Å². The molecule has 2 heterocycles. The largest absolute Gasteiger partial charge is 0.484 e. The van der Waals surface area contributed by atoms with Gasteiger partial charge in [-0.1, -0.05) is 18.2 Å². The fourth-order valence-electron chi connectivity index (χ4n) is 3.25. The van der Waals surface area contributed by atoms with Gasteiger partial charge in [-0.15, -0.1) is 23.1 Å². The third-order valence-corrected chi connectivity index (χ3v) is 9.22.